The van der Waals surface area contributed by atoms with Crippen LogP contribution in [0.15, 0.2) is 0 Å². The molecule has 0 aromatic rings. The van der Waals surface area contributed by atoms with Gasteiger partial charge in [-0.3, -0.25) is 0 Å². The summed E-state index contributed by atoms with van der Waals surface area (Å²) < 4.78 is 29.8. The van der Waals surface area contributed by atoms with Crippen molar-refractivity contribution >= 4 is 10.0 Å². The number of sulfonamides is 1. The third-order valence-corrected chi connectivity index (χ3v) is 4.57. The lowest BCUT2D eigenvalue weighted by molar-refractivity contribution is 0.199. The number of rotatable bonds is 6. The van der Waals surface area contributed by atoms with Crippen LogP contribution in [0.3, 0.4) is 0 Å². The fourth-order valence-electron chi connectivity index (χ4n) is 1.71. The summed E-state index contributed by atoms with van der Waals surface area (Å²) in [4.78, 5) is 0. The van der Waals surface area contributed by atoms with Crippen molar-refractivity contribution in [1.82, 2.24) is 4.31 Å². The second-order valence-electron chi connectivity index (χ2n) is 3.86. The standard InChI is InChI=1S/C9H19NO4S/c1-14-5-2-6-15(12,13)10-4-3-9(7-10)8-11/h9,11H,2-8H2,1H3. The highest BCUT2D eigenvalue weighted by atomic mass is 32.2. The molecule has 0 amide bonds. The largest absolute Gasteiger partial charge is 0.396 e. The van der Waals surface area contributed by atoms with Gasteiger partial charge in [-0.1, -0.05) is 0 Å². The van der Waals surface area contributed by atoms with E-state index in [1.54, 1.807) is 7.11 Å². The van der Waals surface area contributed by atoms with Gasteiger partial charge in [-0.05, 0) is 18.8 Å². The Hall–Kier alpha value is -0.170. The molecule has 1 unspecified atom stereocenters. The Bertz CT molecular complexity index is 278. The Morgan fingerprint density at radius 1 is 1.53 bits per heavy atom. The minimum atomic E-state index is -3.13. The van der Waals surface area contributed by atoms with Crippen LogP contribution < -0.4 is 0 Å². The molecule has 1 saturated heterocycles. The Balaban J connectivity index is 2.41. The molecule has 1 aliphatic heterocycles. The van der Waals surface area contributed by atoms with Crippen LogP contribution >= 0.6 is 0 Å². The number of aliphatic hydroxyl groups excluding tert-OH is 1. The second kappa shape index (κ2) is 5.79. The number of hydrogen-bond donors (Lipinski definition) is 1. The first-order chi connectivity index (χ1) is 7.10. The molecule has 5 nitrogen and oxygen atoms in total. The van der Waals surface area contributed by atoms with Crippen LogP contribution in [0.5, 0.6) is 0 Å². The van der Waals surface area contributed by atoms with E-state index in [0.29, 0.717) is 26.1 Å². The molecule has 1 heterocycles. The number of aliphatic hydroxyl groups is 1. The van der Waals surface area contributed by atoms with Crippen molar-refractivity contribution in [3.63, 3.8) is 0 Å². The lowest BCUT2D eigenvalue weighted by Gasteiger charge is -2.15. The monoisotopic (exact) mass is 237 g/mol. The van der Waals surface area contributed by atoms with Crippen molar-refractivity contribution in [1.29, 1.82) is 0 Å². The topological polar surface area (TPSA) is 66.8 Å². The van der Waals surface area contributed by atoms with Crippen molar-refractivity contribution in [3.8, 4) is 0 Å². The molecular weight excluding hydrogens is 218 g/mol. The molecule has 0 spiro atoms. The fraction of sp³-hybridized carbons (Fsp3) is 1.00. The summed E-state index contributed by atoms with van der Waals surface area (Å²) in [6.45, 7) is 1.55. The molecule has 0 aliphatic carbocycles. The highest BCUT2D eigenvalue weighted by Crippen LogP contribution is 2.19. The Morgan fingerprint density at radius 2 is 2.27 bits per heavy atom. The maximum atomic E-state index is 11.8. The third-order valence-electron chi connectivity index (χ3n) is 2.65. The van der Waals surface area contributed by atoms with Gasteiger partial charge in [0, 0.05) is 33.4 Å². The molecule has 0 radical (unpaired) electrons. The zero-order chi connectivity index (χ0) is 11.3. The molecule has 90 valence electrons. The highest BCUT2D eigenvalue weighted by molar-refractivity contribution is 7.89. The summed E-state index contributed by atoms with van der Waals surface area (Å²) >= 11 is 0. The van der Waals surface area contributed by atoms with E-state index in [9.17, 15) is 8.42 Å². The zero-order valence-electron chi connectivity index (χ0n) is 9.05. The first kappa shape index (κ1) is 12.9. The van der Waals surface area contributed by atoms with Crippen LogP contribution in [-0.4, -0.2) is 57.0 Å². The molecule has 1 aliphatic rings. The lowest BCUT2D eigenvalue weighted by atomic mass is 10.1. The minimum absolute atomic E-state index is 0.0735. The van der Waals surface area contributed by atoms with E-state index in [1.807, 2.05) is 0 Å². The first-order valence-corrected chi connectivity index (χ1v) is 6.78. The molecule has 0 bridgehead atoms. The number of ether oxygens (including phenoxy) is 1. The Labute approximate surface area is 91.1 Å². The summed E-state index contributed by atoms with van der Waals surface area (Å²) in [5, 5.41) is 8.92. The van der Waals surface area contributed by atoms with Gasteiger partial charge in [-0.2, -0.15) is 0 Å². The maximum Gasteiger partial charge on any atom is 0.214 e. The number of methoxy groups -OCH3 is 1. The third kappa shape index (κ3) is 3.71. The van der Waals surface area contributed by atoms with Gasteiger partial charge in [0.15, 0.2) is 0 Å². The van der Waals surface area contributed by atoms with E-state index in [4.69, 9.17) is 9.84 Å². The van der Waals surface area contributed by atoms with Crippen LogP contribution in [0.25, 0.3) is 0 Å². The number of hydrogen-bond acceptors (Lipinski definition) is 4. The minimum Gasteiger partial charge on any atom is -0.396 e. The summed E-state index contributed by atoms with van der Waals surface area (Å²) in [6.07, 6.45) is 1.29. The molecule has 6 heteroatoms. The normalized spacial score (nSPS) is 23.5. The fourth-order valence-corrected chi connectivity index (χ4v) is 3.28. The van der Waals surface area contributed by atoms with Crippen LogP contribution in [0.4, 0.5) is 0 Å². The van der Waals surface area contributed by atoms with E-state index in [0.717, 1.165) is 6.42 Å². The summed E-state index contributed by atoms with van der Waals surface area (Å²) in [6, 6.07) is 0. The lowest BCUT2D eigenvalue weighted by Crippen LogP contribution is -2.31. The molecule has 1 fully saturated rings. The number of nitrogens with zero attached hydrogens (tertiary/aromatic N) is 1. The SMILES string of the molecule is COCCCS(=O)(=O)N1CCC(CO)C1. The molecule has 1 atom stereocenters. The van der Waals surface area contributed by atoms with Gasteiger partial charge in [0.1, 0.15) is 0 Å². The van der Waals surface area contributed by atoms with Crippen LogP contribution in [0, 0.1) is 5.92 Å². The van der Waals surface area contributed by atoms with Crippen LogP contribution in [-0.2, 0) is 14.8 Å². The molecule has 0 saturated carbocycles. The van der Waals surface area contributed by atoms with Crippen molar-refractivity contribution in [2.75, 3.05) is 39.2 Å². The van der Waals surface area contributed by atoms with Gasteiger partial charge in [0.2, 0.25) is 10.0 Å². The predicted molar refractivity (Wildman–Crippen MR) is 57.0 cm³/mol. The Kier molecular flexibility index (Phi) is 4.98. The summed E-state index contributed by atoms with van der Waals surface area (Å²) in [7, 11) is -1.57. The van der Waals surface area contributed by atoms with Gasteiger partial charge in [-0.15, -0.1) is 0 Å². The zero-order valence-corrected chi connectivity index (χ0v) is 9.87. The average Bonchev–Trinajstić information content (AvgIpc) is 2.66. The van der Waals surface area contributed by atoms with Crippen LogP contribution in [0.2, 0.25) is 0 Å². The molecule has 15 heavy (non-hydrogen) atoms. The van der Waals surface area contributed by atoms with Crippen LogP contribution in [0.1, 0.15) is 12.8 Å². The summed E-state index contributed by atoms with van der Waals surface area (Å²) in [5.41, 5.74) is 0. The van der Waals surface area contributed by atoms with Gasteiger partial charge in [-0.25, -0.2) is 12.7 Å². The molecule has 0 aromatic heterocycles. The van der Waals surface area contributed by atoms with Crippen molar-refractivity contribution in [2.45, 2.75) is 12.8 Å². The van der Waals surface area contributed by atoms with Crippen molar-refractivity contribution < 1.29 is 18.3 Å². The van der Waals surface area contributed by atoms with E-state index in [1.165, 1.54) is 4.31 Å². The molecular formula is C9H19NO4S. The van der Waals surface area contributed by atoms with Gasteiger partial charge in [0.05, 0.1) is 5.75 Å². The molecule has 1 rings (SSSR count). The Morgan fingerprint density at radius 3 is 2.80 bits per heavy atom. The average molecular weight is 237 g/mol. The van der Waals surface area contributed by atoms with E-state index in [-0.39, 0.29) is 18.3 Å². The van der Waals surface area contributed by atoms with E-state index < -0.39 is 10.0 Å². The smallest absolute Gasteiger partial charge is 0.214 e. The van der Waals surface area contributed by atoms with Gasteiger partial charge in [0.25, 0.3) is 0 Å². The first-order valence-electron chi connectivity index (χ1n) is 5.17. The maximum absolute atomic E-state index is 11.8. The molecule has 1 N–H and O–H groups in total. The van der Waals surface area contributed by atoms with Gasteiger partial charge < -0.3 is 9.84 Å². The van der Waals surface area contributed by atoms with Crippen molar-refractivity contribution in [2.24, 2.45) is 5.92 Å². The summed E-state index contributed by atoms with van der Waals surface area (Å²) in [5.74, 6) is 0.251. The van der Waals surface area contributed by atoms with E-state index in [2.05, 4.69) is 0 Å². The second-order valence-corrected chi connectivity index (χ2v) is 5.95. The van der Waals surface area contributed by atoms with Crippen molar-refractivity contribution in [3.05, 3.63) is 0 Å². The quantitative estimate of drug-likeness (QED) is 0.642. The predicted octanol–water partition coefficient (Wildman–Crippen LogP) is -0.333. The molecule has 0 aromatic carbocycles. The highest BCUT2D eigenvalue weighted by Gasteiger charge is 2.30. The van der Waals surface area contributed by atoms with Gasteiger partial charge >= 0.3 is 0 Å². The van der Waals surface area contributed by atoms with E-state index >= 15 is 0 Å².